The molecule has 0 radical (unpaired) electrons. The molecule has 0 saturated heterocycles. The summed E-state index contributed by atoms with van der Waals surface area (Å²) in [5.41, 5.74) is 5.28. The minimum atomic E-state index is -4.33. The van der Waals surface area contributed by atoms with Crippen molar-refractivity contribution in [1.29, 1.82) is 0 Å². The van der Waals surface area contributed by atoms with E-state index < -0.39 is 15.9 Å². The molecule has 0 fully saturated rings. The van der Waals surface area contributed by atoms with Gasteiger partial charge in [0.25, 0.3) is 5.82 Å². The van der Waals surface area contributed by atoms with Crippen LogP contribution in [-0.4, -0.2) is 56.6 Å². The normalized spacial score (nSPS) is 14.5. The number of esters is 1. The summed E-state index contributed by atoms with van der Waals surface area (Å²) in [6.07, 6.45) is 10.1. The zero-order valence-electron chi connectivity index (χ0n) is 25.9. The van der Waals surface area contributed by atoms with Crippen molar-refractivity contribution in [2.24, 2.45) is 0 Å². The Hall–Kier alpha value is -3.97. The topological polar surface area (TPSA) is 117 Å². The third-order valence-corrected chi connectivity index (χ3v) is 8.28. The highest BCUT2D eigenvalue weighted by molar-refractivity contribution is 7.85. The minimum Gasteiger partial charge on any atom is -0.748 e. The number of allylic oxidation sites excluding steroid dienone is 4. The Bertz CT molecular complexity index is 1690. The smallest absolute Gasteiger partial charge is 0.337 e. The first kappa shape index (κ1) is 32.9. The lowest BCUT2D eigenvalue weighted by Crippen LogP contribution is -2.35. The van der Waals surface area contributed by atoms with Crippen molar-refractivity contribution < 1.29 is 36.8 Å². The molecule has 0 unspecified atom stereocenters. The van der Waals surface area contributed by atoms with Crippen molar-refractivity contribution in [2.75, 3.05) is 42.9 Å². The molecule has 0 aliphatic carbocycles. The third kappa shape index (κ3) is 7.21. The fourth-order valence-electron chi connectivity index (χ4n) is 5.57. The number of anilines is 2. The Morgan fingerprint density at radius 3 is 2.39 bits per heavy atom. The van der Waals surface area contributed by atoms with Crippen molar-refractivity contribution in [2.45, 2.75) is 46.9 Å². The molecule has 2 aromatic carbocycles. The number of aryl methyl sites for hydroxylation is 2. The standard InChI is InChI=1S/C32H40N4O7S/c1-6-33-27-18-16-25(32(37)41-4)22-29(27)35(8-3)30(33)13-10-9-11-14-31-34(7-2)26-17-15-24(23-43-42-5)21-28(26)36(31)19-12-20-44(38,39)40/h9-11,13-18,21-22H,6-8,12,19-20,23H2,1-5H3. The summed E-state index contributed by atoms with van der Waals surface area (Å²) in [7, 11) is -1.50. The van der Waals surface area contributed by atoms with Crippen LogP contribution >= 0.6 is 0 Å². The van der Waals surface area contributed by atoms with E-state index in [4.69, 9.17) is 14.5 Å². The average Bonchev–Trinajstić information content (AvgIpc) is 3.48. The maximum Gasteiger partial charge on any atom is 0.337 e. The van der Waals surface area contributed by atoms with Crippen LogP contribution < -0.4 is 14.4 Å². The molecule has 0 amide bonds. The largest absolute Gasteiger partial charge is 0.748 e. The number of methoxy groups -OCH3 is 1. The lowest BCUT2D eigenvalue weighted by Gasteiger charge is -2.23. The zero-order chi connectivity index (χ0) is 31.9. The summed E-state index contributed by atoms with van der Waals surface area (Å²) in [5, 5.41) is 0. The first-order chi connectivity index (χ1) is 21.2. The van der Waals surface area contributed by atoms with Gasteiger partial charge in [0.2, 0.25) is 0 Å². The van der Waals surface area contributed by atoms with Crippen LogP contribution in [0.1, 0.15) is 48.9 Å². The van der Waals surface area contributed by atoms with Crippen LogP contribution in [0.15, 0.2) is 66.5 Å². The van der Waals surface area contributed by atoms with E-state index in [9.17, 15) is 17.8 Å². The van der Waals surface area contributed by atoms with Crippen molar-refractivity contribution >= 4 is 44.6 Å². The van der Waals surface area contributed by atoms with Gasteiger partial charge in [-0.15, -0.1) is 0 Å². The van der Waals surface area contributed by atoms with E-state index in [1.165, 1.54) is 14.2 Å². The number of hydrogen-bond donors (Lipinski definition) is 0. The summed E-state index contributed by atoms with van der Waals surface area (Å²) in [5.74, 6) is 1.07. The van der Waals surface area contributed by atoms with Gasteiger partial charge in [-0.3, -0.25) is 0 Å². The van der Waals surface area contributed by atoms with Gasteiger partial charge in [-0.2, -0.15) is 0 Å². The molecular weight excluding hydrogens is 584 g/mol. The molecule has 0 atom stereocenters. The molecule has 4 rings (SSSR count). The number of carbonyl (C=O) groups is 1. The second-order valence-electron chi connectivity index (χ2n) is 10.1. The number of ether oxygens (including phenoxy) is 1. The molecule has 0 N–H and O–H groups in total. The zero-order valence-corrected chi connectivity index (χ0v) is 26.7. The lowest BCUT2D eigenvalue weighted by molar-refractivity contribution is -0.670. The van der Waals surface area contributed by atoms with Gasteiger partial charge in [-0.25, -0.2) is 32.1 Å². The van der Waals surface area contributed by atoms with E-state index >= 15 is 0 Å². The number of aromatic nitrogens is 2. The molecule has 1 aliphatic heterocycles. The molecule has 236 valence electrons. The molecule has 2 heterocycles. The number of carbonyl (C=O) groups excluding carboxylic acids is 1. The Labute approximate surface area is 258 Å². The summed E-state index contributed by atoms with van der Waals surface area (Å²) in [4.78, 5) is 26.4. The van der Waals surface area contributed by atoms with Gasteiger partial charge in [0.15, 0.2) is 11.0 Å². The highest BCUT2D eigenvalue weighted by Gasteiger charge is 2.30. The number of hydrogen-bond acceptors (Lipinski definition) is 9. The third-order valence-electron chi connectivity index (χ3n) is 7.49. The van der Waals surface area contributed by atoms with Crippen LogP contribution in [0.25, 0.3) is 17.1 Å². The fraction of sp³-hybridized carbons (Fsp3) is 0.375. The van der Waals surface area contributed by atoms with Crippen LogP contribution in [0.4, 0.5) is 11.4 Å². The Balaban J connectivity index is 1.66. The number of imidazole rings is 1. The van der Waals surface area contributed by atoms with Gasteiger partial charge in [0.1, 0.15) is 12.4 Å². The molecule has 0 spiro atoms. The molecular formula is C32H40N4O7S. The molecule has 0 saturated carbocycles. The van der Waals surface area contributed by atoms with Crippen molar-refractivity contribution in [3.05, 3.63) is 83.5 Å². The molecule has 0 bridgehead atoms. The predicted molar refractivity (Wildman–Crippen MR) is 169 cm³/mol. The maximum absolute atomic E-state index is 12.1. The van der Waals surface area contributed by atoms with Crippen molar-refractivity contribution in [3.8, 4) is 0 Å². The Kier molecular flexibility index (Phi) is 11.0. The number of nitrogens with zero attached hydrogens (tertiary/aromatic N) is 4. The summed E-state index contributed by atoms with van der Waals surface area (Å²) in [6, 6.07) is 11.6. The van der Waals surface area contributed by atoms with Crippen LogP contribution in [0.5, 0.6) is 0 Å². The van der Waals surface area contributed by atoms with Gasteiger partial charge >= 0.3 is 5.97 Å². The van der Waals surface area contributed by atoms with Gasteiger partial charge in [-0.1, -0.05) is 24.3 Å². The van der Waals surface area contributed by atoms with E-state index in [0.717, 1.165) is 52.7 Å². The summed E-state index contributed by atoms with van der Waals surface area (Å²) >= 11 is 0. The molecule has 11 nitrogen and oxygen atoms in total. The fourth-order valence-corrected chi connectivity index (χ4v) is 6.05. The summed E-state index contributed by atoms with van der Waals surface area (Å²) in [6.45, 7) is 8.98. The van der Waals surface area contributed by atoms with Crippen LogP contribution in [-0.2, 0) is 44.3 Å². The van der Waals surface area contributed by atoms with Crippen molar-refractivity contribution in [3.63, 3.8) is 0 Å². The number of rotatable bonds is 14. The molecule has 3 aromatic rings. The Morgan fingerprint density at radius 1 is 0.977 bits per heavy atom. The first-order valence-electron chi connectivity index (χ1n) is 14.6. The quantitative estimate of drug-likeness (QED) is 0.0637. The summed E-state index contributed by atoms with van der Waals surface area (Å²) < 4.78 is 43.1. The van der Waals surface area contributed by atoms with Crippen LogP contribution in [0.2, 0.25) is 0 Å². The van der Waals surface area contributed by atoms with Crippen LogP contribution in [0.3, 0.4) is 0 Å². The number of fused-ring (bicyclic) bond motifs is 2. The van der Waals surface area contributed by atoms with E-state index in [2.05, 4.69) is 28.2 Å². The van der Waals surface area contributed by atoms with E-state index in [-0.39, 0.29) is 19.0 Å². The second-order valence-corrected chi connectivity index (χ2v) is 11.6. The van der Waals surface area contributed by atoms with Gasteiger partial charge in [0.05, 0.1) is 54.4 Å². The monoisotopic (exact) mass is 624 g/mol. The maximum atomic E-state index is 12.1. The first-order valence-corrected chi connectivity index (χ1v) is 16.2. The Morgan fingerprint density at radius 2 is 1.73 bits per heavy atom. The number of benzene rings is 2. The highest BCUT2D eigenvalue weighted by Crippen LogP contribution is 2.42. The molecule has 1 aliphatic rings. The molecule has 44 heavy (non-hydrogen) atoms. The van der Waals surface area contributed by atoms with E-state index in [0.29, 0.717) is 18.7 Å². The molecule has 1 aromatic heterocycles. The van der Waals surface area contributed by atoms with Gasteiger partial charge < -0.3 is 19.1 Å². The highest BCUT2D eigenvalue weighted by atomic mass is 32.2. The second kappa shape index (κ2) is 14.7. The predicted octanol–water partition coefficient (Wildman–Crippen LogP) is 4.53. The SMILES string of the molecule is CCN1\C(=C/C=C/C=C/c2n(CCCS(=O)(=O)[O-])c3cc(COOC)ccc3[n+]2CC)N(CC)c2cc(C(=O)OC)ccc21. The lowest BCUT2D eigenvalue weighted by atomic mass is 10.1. The van der Waals surface area contributed by atoms with Gasteiger partial charge in [-0.05, 0) is 69.2 Å². The minimum absolute atomic E-state index is 0.193. The van der Waals surface area contributed by atoms with Gasteiger partial charge in [0, 0.05) is 24.9 Å². The van der Waals surface area contributed by atoms with E-state index in [1.54, 1.807) is 6.07 Å². The molecule has 12 heteroatoms. The average molecular weight is 625 g/mol. The van der Waals surface area contributed by atoms with E-state index in [1.807, 2.05) is 72.2 Å². The van der Waals surface area contributed by atoms with Crippen LogP contribution in [0, 0.1) is 0 Å². The van der Waals surface area contributed by atoms with Crippen molar-refractivity contribution in [1.82, 2.24) is 4.57 Å².